The van der Waals surface area contributed by atoms with Crippen LogP contribution in [0.2, 0.25) is 0 Å². The molecule has 2 aliphatic carbocycles. The third kappa shape index (κ3) is 7.58. The molecule has 11 heteroatoms. The number of ether oxygens (including phenoxy) is 1. The summed E-state index contributed by atoms with van der Waals surface area (Å²) in [7, 11) is 1.32. The molecule has 37 heavy (non-hydrogen) atoms. The SMILES string of the molecule is CCCC[C@H](NC(=O)C1(NC(=O)N2CCN(C(=O)OC)CC2)CCCCC1)C(=O)C(=O)NC1CCCC1. The number of urea groups is 1. The van der Waals surface area contributed by atoms with E-state index in [1.54, 1.807) is 4.90 Å². The van der Waals surface area contributed by atoms with E-state index in [4.69, 9.17) is 4.74 Å². The molecule has 1 heterocycles. The van der Waals surface area contributed by atoms with Gasteiger partial charge in [-0.25, -0.2) is 9.59 Å². The highest BCUT2D eigenvalue weighted by Gasteiger charge is 2.44. The standard InChI is InChI=1S/C26H43N5O6/c1-3-4-12-20(21(32)22(33)27-19-10-6-7-11-19)28-23(34)26(13-8-5-9-14-26)29-24(35)30-15-17-31(18-16-30)25(36)37-2/h19-20H,3-18H2,1-2H3,(H,27,33)(H,28,34)(H,29,35)/t20-/m0/s1. The molecule has 208 valence electrons. The van der Waals surface area contributed by atoms with E-state index in [0.29, 0.717) is 51.9 Å². The fourth-order valence-corrected chi connectivity index (χ4v) is 5.53. The number of methoxy groups -OCH3 is 1. The summed E-state index contributed by atoms with van der Waals surface area (Å²) in [5.74, 6) is -1.67. The van der Waals surface area contributed by atoms with Crippen molar-refractivity contribution in [2.24, 2.45) is 0 Å². The number of nitrogens with one attached hydrogen (secondary N) is 3. The van der Waals surface area contributed by atoms with Crippen molar-refractivity contribution < 1.29 is 28.7 Å². The van der Waals surface area contributed by atoms with Crippen LogP contribution in [0.1, 0.15) is 84.0 Å². The topological polar surface area (TPSA) is 137 Å². The Morgan fingerprint density at radius 2 is 1.54 bits per heavy atom. The summed E-state index contributed by atoms with van der Waals surface area (Å²) in [6, 6.07) is -1.27. The van der Waals surface area contributed by atoms with Crippen molar-refractivity contribution in [3.05, 3.63) is 0 Å². The summed E-state index contributed by atoms with van der Waals surface area (Å²) >= 11 is 0. The molecular weight excluding hydrogens is 478 g/mol. The predicted molar refractivity (Wildman–Crippen MR) is 137 cm³/mol. The summed E-state index contributed by atoms with van der Waals surface area (Å²) in [6.45, 7) is 3.35. The quantitative estimate of drug-likeness (QED) is 0.397. The lowest BCUT2D eigenvalue weighted by Gasteiger charge is -2.40. The van der Waals surface area contributed by atoms with Crippen LogP contribution in [0.5, 0.6) is 0 Å². The number of unbranched alkanes of at least 4 members (excludes halogenated alkanes) is 1. The Bertz CT molecular complexity index is 829. The molecule has 1 aliphatic heterocycles. The van der Waals surface area contributed by atoms with Crippen LogP contribution in [0.3, 0.4) is 0 Å². The summed E-state index contributed by atoms with van der Waals surface area (Å²) in [4.78, 5) is 67.5. The van der Waals surface area contributed by atoms with E-state index < -0.39 is 35.3 Å². The van der Waals surface area contributed by atoms with Crippen molar-refractivity contribution in [3.63, 3.8) is 0 Å². The van der Waals surface area contributed by atoms with Gasteiger partial charge in [0.25, 0.3) is 5.91 Å². The number of hydrogen-bond donors (Lipinski definition) is 3. The van der Waals surface area contributed by atoms with Crippen LogP contribution in [0.25, 0.3) is 0 Å². The van der Waals surface area contributed by atoms with E-state index >= 15 is 0 Å². The zero-order chi connectivity index (χ0) is 26.8. The van der Waals surface area contributed by atoms with Gasteiger partial charge in [0.1, 0.15) is 5.54 Å². The molecule has 1 atom stereocenters. The Kier molecular flexibility index (Phi) is 10.6. The molecule has 3 N–H and O–H groups in total. The molecule has 0 aromatic heterocycles. The zero-order valence-corrected chi connectivity index (χ0v) is 22.3. The molecule has 3 rings (SSSR count). The Morgan fingerprint density at radius 3 is 2.14 bits per heavy atom. The number of piperazine rings is 1. The first kappa shape index (κ1) is 28.7. The Labute approximate surface area is 219 Å². The van der Waals surface area contributed by atoms with Gasteiger partial charge < -0.3 is 30.5 Å². The number of amides is 5. The van der Waals surface area contributed by atoms with Crippen LogP contribution >= 0.6 is 0 Å². The molecule has 0 aromatic carbocycles. The maximum absolute atomic E-state index is 13.7. The number of carbonyl (C=O) groups excluding carboxylic acids is 5. The number of nitrogens with zero attached hydrogens (tertiary/aromatic N) is 2. The Balaban J connectivity index is 1.66. The van der Waals surface area contributed by atoms with Gasteiger partial charge in [-0.15, -0.1) is 0 Å². The molecule has 3 aliphatic rings. The van der Waals surface area contributed by atoms with Crippen LogP contribution in [-0.4, -0.2) is 90.4 Å². The third-order valence-corrected chi connectivity index (χ3v) is 7.87. The molecule has 2 saturated carbocycles. The number of Topliss-reactive ketones (excluding diaryl/α,β-unsaturated/α-hetero) is 1. The van der Waals surface area contributed by atoms with E-state index in [0.717, 1.165) is 51.4 Å². The van der Waals surface area contributed by atoms with Gasteiger partial charge >= 0.3 is 12.1 Å². The summed E-state index contributed by atoms with van der Waals surface area (Å²) in [6.07, 6.45) is 8.73. The lowest BCUT2D eigenvalue weighted by atomic mass is 9.80. The van der Waals surface area contributed by atoms with Crippen molar-refractivity contribution in [2.45, 2.75) is 102 Å². The highest BCUT2D eigenvalue weighted by molar-refractivity contribution is 6.38. The lowest BCUT2D eigenvalue weighted by Crippen LogP contribution is -2.65. The van der Waals surface area contributed by atoms with Crippen molar-refractivity contribution >= 4 is 29.7 Å². The third-order valence-electron chi connectivity index (χ3n) is 7.87. The molecule has 11 nitrogen and oxygen atoms in total. The minimum atomic E-state index is -1.14. The van der Waals surface area contributed by atoms with Crippen LogP contribution in [0.15, 0.2) is 0 Å². The molecule has 5 amide bonds. The van der Waals surface area contributed by atoms with Crippen LogP contribution in [-0.2, 0) is 19.1 Å². The molecule has 0 radical (unpaired) electrons. The van der Waals surface area contributed by atoms with Crippen molar-refractivity contribution in [3.8, 4) is 0 Å². The molecule has 0 spiro atoms. The van der Waals surface area contributed by atoms with E-state index in [9.17, 15) is 24.0 Å². The van der Waals surface area contributed by atoms with Crippen molar-refractivity contribution in [2.75, 3.05) is 33.3 Å². The highest BCUT2D eigenvalue weighted by atomic mass is 16.5. The maximum Gasteiger partial charge on any atom is 0.409 e. The van der Waals surface area contributed by atoms with Gasteiger partial charge in [-0.3, -0.25) is 14.4 Å². The van der Waals surface area contributed by atoms with Gasteiger partial charge in [-0.2, -0.15) is 0 Å². The second-order valence-electron chi connectivity index (χ2n) is 10.5. The average Bonchev–Trinajstić information content (AvgIpc) is 3.43. The first-order valence-corrected chi connectivity index (χ1v) is 13.9. The Morgan fingerprint density at radius 1 is 0.919 bits per heavy atom. The van der Waals surface area contributed by atoms with Crippen LogP contribution < -0.4 is 16.0 Å². The second kappa shape index (κ2) is 13.6. The number of carbonyl (C=O) groups is 5. The van der Waals surface area contributed by atoms with Gasteiger partial charge in [0.2, 0.25) is 11.7 Å². The van der Waals surface area contributed by atoms with Gasteiger partial charge in [0.05, 0.1) is 13.2 Å². The maximum atomic E-state index is 13.7. The summed E-state index contributed by atoms with van der Waals surface area (Å²) in [5.41, 5.74) is -1.14. The largest absolute Gasteiger partial charge is 0.453 e. The zero-order valence-electron chi connectivity index (χ0n) is 22.3. The first-order chi connectivity index (χ1) is 17.8. The van der Waals surface area contributed by atoms with Gasteiger partial charge in [-0.1, -0.05) is 51.9 Å². The van der Waals surface area contributed by atoms with E-state index in [2.05, 4.69) is 16.0 Å². The molecule has 1 saturated heterocycles. The minimum Gasteiger partial charge on any atom is -0.453 e. The average molecular weight is 522 g/mol. The molecule has 0 unspecified atom stereocenters. The number of hydrogen-bond acceptors (Lipinski definition) is 6. The molecule has 0 aromatic rings. The predicted octanol–water partition coefficient (Wildman–Crippen LogP) is 2.09. The first-order valence-electron chi connectivity index (χ1n) is 13.9. The van der Waals surface area contributed by atoms with Crippen LogP contribution in [0, 0.1) is 0 Å². The number of rotatable bonds is 9. The lowest BCUT2D eigenvalue weighted by molar-refractivity contribution is -0.141. The minimum absolute atomic E-state index is 0.0163. The fourth-order valence-electron chi connectivity index (χ4n) is 5.53. The van der Waals surface area contributed by atoms with Gasteiger partial charge in [0, 0.05) is 32.2 Å². The number of ketones is 1. The Hall–Kier alpha value is -2.85. The molecule has 3 fully saturated rings. The smallest absolute Gasteiger partial charge is 0.409 e. The van der Waals surface area contributed by atoms with Gasteiger partial charge in [-0.05, 0) is 32.1 Å². The highest BCUT2D eigenvalue weighted by Crippen LogP contribution is 2.29. The molecule has 0 bridgehead atoms. The second-order valence-corrected chi connectivity index (χ2v) is 10.5. The normalized spacial score (nSPS) is 20.6. The van der Waals surface area contributed by atoms with E-state index in [-0.39, 0.29) is 12.1 Å². The van der Waals surface area contributed by atoms with Crippen LogP contribution in [0.4, 0.5) is 9.59 Å². The summed E-state index contributed by atoms with van der Waals surface area (Å²) in [5, 5.41) is 8.67. The fraction of sp³-hybridized carbons (Fsp3) is 0.808. The van der Waals surface area contributed by atoms with Crippen molar-refractivity contribution in [1.29, 1.82) is 0 Å². The summed E-state index contributed by atoms with van der Waals surface area (Å²) < 4.78 is 4.75. The molecular formula is C26H43N5O6. The van der Waals surface area contributed by atoms with Crippen molar-refractivity contribution in [1.82, 2.24) is 25.8 Å². The monoisotopic (exact) mass is 521 g/mol. The van der Waals surface area contributed by atoms with Gasteiger partial charge in [0.15, 0.2) is 0 Å². The van der Waals surface area contributed by atoms with E-state index in [1.165, 1.54) is 12.0 Å². The van der Waals surface area contributed by atoms with E-state index in [1.807, 2.05) is 6.92 Å².